The molecule has 2 fully saturated rings. The van der Waals surface area contributed by atoms with E-state index in [4.69, 9.17) is 4.74 Å². The van der Waals surface area contributed by atoms with Gasteiger partial charge in [0.2, 0.25) is 0 Å². The summed E-state index contributed by atoms with van der Waals surface area (Å²) in [7, 11) is -2.87. The highest BCUT2D eigenvalue weighted by Crippen LogP contribution is 2.27. The lowest BCUT2D eigenvalue weighted by Gasteiger charge is -2.14. The van der Waals surface area contributed by atoms with Crippen LogP contribution in [0.3, 0.4) is 0 Å². The third-order valence-corrected chi connectivity index (χ3v) is 5.58. The molecule has 0 spiro atoms. The van der Waals surface area contributed by atoms with E-state index in [1.54, 1.807) is 0 Å². The zero-order valence-corrected chi connectivity index (χ0v) is 9.26. The van der Waals surface area contributed by atoms with Gasteiger partial charge in [-0.05, 0) is 25.7 Å². The maximum absolute atomic E-state index is 11.9. The fourth-order valence-corrected chi connectivity index (χ4v) is 4.52. The van der Waals surface area contributed by atoms with Crippen molar-refractivity contribution in [3.05, 3.63) is 0 Å². The summed E-state index contributed by atoms with van der Waals surface area (Å²) < 4.78 is 29.2. The fraction of sp³-hybridized carbons (Fsp3) is 1.00. The summed E-state index contributed by atoms with van der Waals surface area (Å²) in [6.45, 7) is 0.741. The molecule has 1 saturated heterocycles. The normalized spacial score (nSPS) is 29.9. The van der Waals surface area contributed by atoms with Gasteiger partial charge in [0, 0.05) is 6.61 Å². The minimum absolute atomic E-state index is 0.0133. The molecule has 82 valence electrons. The standard InChI is InChI=1S/C10H18O3S/c11-14(12,10-5-1-2-6-10)8-9-4-3-7-13-9/h9-10H,1-8H2. The van der Waals surface area contributed by atoms with E-state index in [2.05, 4.69) is 0 Å². The Morgan fingerprint density at radius 3 is 2.36 bits per heavy atom. The van der Waals surface area contributed by atoms with Crippen LogP contribution >= 0.6 is 0 Å². The van der Waals surface area contributed by atoms with Gasteiger partial charge in [-0.2, -0.15) is 0 Å². The largest absolute Gasteiger partial charge is 0.377 e. The van der Waals surface area contributed by atoms with Gasteiger partial charge < -0.3 is 4.74 Å². The first-order chi connectivity index (χ1) is 6.68. The lowest BCUT2D eigenvalue weighted by molar-refractivity contribution is 0.127. The van der Waals surface area contributed by atoms with E-state index < -0.39 is 9.84 Å². The molecule has 1 atom stereocenters. The first-order valence-corrected chi connectivity index (χ1v) is 7.23. The van der Waals surface area contributed by atoms with Crippen molar-refractivity contribution in [2.24, 2.45) is 0 Å². The third kappa shape index (κ3) is 2.28. The van der Waals surface area contributed by atoms with E-state index in [0.29, 0.717) is 0 Å². The Bertz CT molecular complexity index is 272. The molecule has 1 aliphatic heterocycles. The second-order valence-corrected chi connectivity index (χ2v) is 6.70. The molecule has 0 aromatic rings. The molecule has 2 aliphatic rings. The molecule has 1 aliphatic carbocycles. The maximum atomic E-state index is 11.9. The highest BCUT2D eigenvalue weighted by Gasteiger charge is 2.32. The molecule has 1 heterocycles. The molecule has 14 heavy (non-hydrogen) atoms. The predicted molar refractivity (Wildman–Crippen MR) is 55.0 cm³/mol. The summed E-state index contributed by atoms with van der Waals surface area (Å²) in [5, 5.41) is -0.0632. The predicted octanol–water partition coefficient (Wildman–Crippen LogP) is 1.52. The Labute approximate surface area is 85.8 Å². The minimum Gasteiger partial charge on any atom is -0.377 e. The number of sulfone groups is 1. The molecule has 0 radical (unpaired) electrons. The third-order valence-electron chi connectivity index (χ3n) is 3.25. The monoisotopic (exact) mass is 218 g/mol. The van der Waals surface area contributed by atoms with Gasteiger partial charge in [0.25, 0.3) is 0 Å². The number of hydrogen-bond acceptors (Lipinski definition) is 3. The summed E-state index contributed by atoms with van der Waals surface area (Å²) in [6.07, 6.45) is 5.83. The van der Waals surface area contributed by atoms with Crippen molar-refractivity contribution in [2.45, 2.75) is 49.9 Å². The van der Waals surface area contributed by atoms with E-state index >= 15 is 0 Å². The Kier molecular flexibility index (Phi) is 3.12. The van der Waals surface area contributed by atoms with Crippen LogP contribution in [0.1, 0.15) is 38.5 Å². The average Bonchev–Trinajstić information content (AvgIpc) is 2.71. The van der Waals surface area contributed by atoms with E-state index in [1.165, 1.54) is 0 Å². The molecule has 1 unspecified atom stereocenters. The number of ether oxygens (including phenoxy) is 1. The van der Waals surface area contributed by atoms with E-state index in [0.717, 1.165) is 45.1 Å². The van der Waals surface area contributed by atoms with Gasteiger partial charge in [-0.25, -0.2) is 8.42 Å². The molecule has 2 rings (SSSR count). The van der Waals surface area contributed by atoms with Gasteiger partial charge in [0.15, 0.2) is 9.84 Å². The smallest absolute Gasteiger partial charge is 0.155 e. The number of hydrogen-bond donors (Lipinski definition) is 0. The molecule has 0 N–H and O–H groups in total. The summed E-state index contributed by atoms with van der Waals surface area (Å²) >= 11 is 0. The SMILES string of the molecule is O=S(=O)(CC1CCCO1)C1CCCC1. The van der Waals surface area contributed by atoms with Crippen molar-refractivity contribution in [3.8, 4) is 0 Å². The first kappa shape index (κ1) is 10.4. The Balaban J connectivity index is 1.93. The van der Waals surface area contributed by atoms with Crippen LogP contribution in [0.4, 0.5) is 0 Å². The summed E-state index contributed by atoms with van der Waals surface area (Å²) in [4.78, 5) is 0. The lowest BCUT2D eigenvalue weighted by atomic mass is 10.3. The Hall–Kier alpha value is -0.0900. The lowest BCUT2D eigenvalue weighted by Crippen LogP contribution is -2.28. The van der Waals surface area contributed by atoms with Crippen LogP contribution in [0.15, 0.2) is 0 Å². The van der Waals surface area contributed by atoms with Crippen molar-refractivity contribution in [2.75, 3.05) is 12.4 Å². The van der Waals surface area contributed by atoms with Gasteiger partial charge >= 0.3 is 0 Å². The summed E-state index contributed by atoms with van der Waals surface area (Å²) in [5.41, 5.74) is 0. The first-order valence-electron chi connectivity index (χ1n) is 5.52. The van der Waals surface area contributed by atoms with E-state index in [9.17, 15) is 8.42 Å². The van der Waals surface area contributed by atoms with Gasteiger partial charge in [0.05, 0.1) is 17.1 Å². The van der Waals surface area contributed by atoms with Gasteiger partial charge in [-0.1, -0.05) is 12.8 Å². The van der Waals surface area contributed by atoms with E-state index in [1.807, 2.05) is 0 Å². The second-order valence-electron chi connectivity index (χ2n) is 4.37. The number of rotatable bonds is 3. The van der Waals surface area contributed by atoms with Gasteiger partial charge in [-0.3, -0.25) is 0 Å². The second kappa shape index (κ2) is 4.19. The molecule has 0 amide bonds. The van der Waals surface area contributed by atoms with Gasteiger partial charge in [0.1, 0.15) is 0 Å². The van der Waals surface area contributed by atoms with Gasteiger partial charge in [-0.15, -0.1) is 0 Å². The molecule has 4 heteroatoms. The van der Waals surface area contributed by atoms with Crippen LogP contribution in [0.5, 0.6) is 0 Å². The quantitative estimate of drug-likeness (QED) is 0.721. The molecular weight excluding hydrogens is 200 g/mol. The summed E-state index contributed by atoms with van der Waals surface area (Å²) in [6, 6.07) is 0. The highest BCUT2D eigenvalue weighted by atomic mass is 32.2. The molecule has 1 saturated carbocycles. The van der Waals surface area contributed by atoms with Crippen molar-refractivity contribution in [1.29, 1.82) is 0 Å². The average molecular weight is 218 g/mol. The van der Waals surface area contributed by atoms with Crippen LogP contribution in [0.25, 0.3) is 0 Å². The zero-order valence-electron chi connectivity index (χ0n) is 8.44. The van der Waals surface area contributed by atoms with Crippen LogP contribution in [-0.2, 0) is 14.6 Å². The highest BCUT2D eigenvalue weighted by molar-refractivity contribution is 7.92. The molecule has 3 nitrogen and oxygen atoms in total. The van der Waals surface area contributed by atoms with Crippen molar-refractivity contribution in [3.63, 3.8) is 0 Å². The van der Waals surface area contributed by atoms with Crippen molar-refractivity contribution in [1.82, 2.24) is 0 Å². The van der Waals surface area contributed by atoms with Crippen LogP contribution in [0.2, 0.25) is 0 Å². The Morgan fingerprint density at radius 1 is 1.07 bits per heavy atom. The molecule has 0 aromatic heterocycles. The zero-order chi connectivity index (χ0) is 10.0. The summed E-state index contributed by atoms with van der Waals surface area (Å²) in [5.74, 6) is 0.262. The molecule has 0 bridgehead atoms. The topological polar surface area (TPSA) is 43.4 Å². The van der Waals surface area contributed by atoms with Crippen LogP contribution < -0.4 is 0 Å². The van der Waals surface area contributed by atoms with Crippen molar-refractivity contribution >= 4 is 9.84 Å². The fourth-order valence-electron chi connectivity index (χ4n) is 2.42. The van der Waals surface area contributed by atoms with Crippen molar-refractivity contribution < 1.29 is 13.2 Å². The molecule has 0 aromatic carbocycles. The van der Waals surface area contributed by atoms with Crippen LogP contribution in [0, 0.1) is 0 Å². The molecular formula is C10H18O3S. The minimum atomic E-state index is -2.87. The maximum Gasteiger partial charge on any atom is 0.155 e. The van der Waals surface area contributed by atoms with Crippen LogP contribution in [-0.4, -0.2) is 32.1 Å². The Morgan fingerprint density at radius 2 is 1.79 bits per heavy atom. The van der Waals surface area contributed by atoms with E-state index in [-0.39, 0.29) is 17.1 Å².